The lowest BCUT2D eigenvalue weighted by Crippen LogP contribution is -2.30. The smallest absolute Gasteiger partial charge is 0.253 e. The van der Waals surface area contributed by atoms with Gasteiger partial charge < -0.3 is 16.4 Å². The van der Waals surface area contributed by atoms with E-state index in [0.717, 1.165) is 17.1 Å². The lowest BCUT2D eigenvalue weighted by Gasteiger charge is -2.10. The third-order valence-electron chi connectivity index (χ3n) is 3.12. The number of thiazole rings is 1. The zero-order chi connectivity index (χ0) is 16.7. The van der Waals surface area contributed by atoms with Crippen molar-refractivity contribution >= 4 is 53.7 Å². The highest BCUT2D eigenvalue weighted by atomic mass is 35.5. The van der Waals surface area contributed by atoms with Crippen LogP contribution in [0.25, 0.3) is 0 Å². The normalized spacial score (nSPS) is 9.52. The number of hydrogen-bond acceptors (Lipinski definition) is 5. The monoisotopic (exact) mass is 404 g/mol. The van der Waals surface area contributed by atoms with Crippen molar-refractivity contribution in [1.29, 1.82) is 0 Å². The molecule has 138 valence electrons. The fraction of sp³-hybridized carbons (Fsp3) is 0.312. The molecule has 1 heterocycles. The van der Waals surface area contributed by atoms with Gasteiger partial charge in [0.05, 0.1) is 28.4 Å². The van der Waals surface area contributed by atoms with Crippen molar-refractivity contribution in [2.75, 3.05) is 18.4 Å². The average molecular weight is 405 g/mol. The molecule has 1 aromatic heterocycles. The largest absolute Gasteiger partial charge is 0.351 e. The third kappa shape index (κ3) is 6.99. The van der Waals surface area contributed by atoms with Crippen LogP contribution in [0.1, 0.15) is 28.0 Å². The second-order valence-electron chi connectivity index (χ2n) is 4.90. The minimum absolute atomic E-state index is 0. The highest BCUT2D eigenvalue weighted by Gasteiger charge is 2.13. The van der Waals surface area contributed by atoms with Crippen molar-refractivity contribution in [2.24, 2.45) is 5.73 Å². The van der Waals surface area contributed by atoms with E-state index in [1.807, 2.05) is 12.3 Å². The van der Waals surface area contributed by atoms with E-state index in [1.54, 1.807) is 35.6 Å². The second kappa shape index (κ2) is 11.8. The fourth-order valence-electron chi connectivity index (χ4n) is 2.02. The van der Waals surface area contributed by atoms with Gasteiger partial charge in [-0.3, -0.25) is 9.59 Å². The van der Waals surface area contributed by atoms with Gasteiger partial charge in [-0.2, -0.15) is 0 Å². The molecule has 2 aromatic rings. The number of amides is 2. The molecule has 2 rings (SSSR count). The molecule has 0 unspecified atom stereocenters. The summed E-state index contributed by atoms with van der Waals surface area (Å²) in [7, 11) is 0. The Balaban J connectivity index is 0.00000288. The molecular formula is C16H22Cl2N4O2S. The Bertz CT molecular complexity index is 694. The molecular weight excluding hydrogens is 383 g/mol. The highest BCUT2D eigenvalue weighted by molar-refractivity contribution is 7.09. The summed E-state index contributed by atoms with van der Waals surface area (Å²) in [5.41, 5.74) is 7.03. The molecule has 0 bridgehead atoms. The Kier molecular flexibility index (Phi) is 11.0. The molecule has 1 aromatic carbocycles. The van der Waals surface area contributed by atoms with Gasteiger partial charge in [-0.1, -0.05) is 19.1 Å². The number of nitrogens with one attached hydrogen (secondary N) is 2. The van der Waals surface area contributed by atoms with Gasteiger partial charge in [0.25, 0.3) is 5.91 Å². The van der Waals surface area contributed by atoms with Gasteiger partial charge in [-0.05, 0) is 18.6 Å². The standard InChI is InChI=1S/C16H20N4O2S.2ClH/c1-2-15-19-11(10-23-15)9-14(21)20-13-6-4-3-5-12(13)16(22)18-8-7-17;;/h3-6,10H,2,7-9,17H2,1H3,(H,18,22)(H,20,21);2*1H. The number of carbonyl (C=O) groups excluding carboxylic acids is 2. The molecule has 0 spiro atoms. The van der Waals surface area contributed by atoms with Crippen LogP contribution in [0.3, 0.4) is 0 Å². The van der Waals surface area contributed by atoms with Crippen molar-refractivity contribution in [1.82, 2.24) is 10.3 Å². The molecule has 0 saturated heterocycles. The number of carbonyl (C=O) groups is 2. The molecule has 6 nitrogen and oxygen atoms in total. The van der Waals surface area contributed by atoms with E-state index in [9.17, 15) is 9.59 Å². The maximum Gasteiger partial charge on any atom is 0.253 e. The van der Waals surface area contributed by atoms with Crippen LogP contribution < -0.4 is 16.4 Å². The van der Waals surface area contributed by atoms with Crippen LogP contribution in [0.5, 0.6) is 0 Å². The van der Waals surface area contributed by atoms with Crippen LogP contribution in [0.2, 0.25) is 0 Å². The fourth-order valence-corrected chi connectivity index (χ4v) is 2.77. The van der Waals surface area contributed by atoms with Gasteiger partial charge in [0, 0.05) is 18.5 Å². The number of nitrogens with zero attached hydrogens (tertiary/aromatic N) is 1. The molecule has 0 fully saturated rings. The predicted octanol–water partition coefficient (Wildman–Crippen LogP) is 2.42. The van der Waals surface area contributed by atoms with Gasteiger partial charge in [0.1, 0.15) is 0 Å². The van der Waals surface area contributed by atoms with Crippen LogP contribution >= 0.6 is 36.2 Å². The SMILES string of the molecule is CCc1nc(CC(=O)Nc2ccccc2C(=O)NCCN)cs1.Cl.Cl. The van der Waals surface area contributed by atoms with Crippen LogP contribution in [-0.2, 0) is 17.6 Å². The van der Waals surface area contributed by atoms with Crippen molar-refractivity contribution in [3.8, 4) is 0 Å². The molecule has 0 aliphatic heterocycles. The van der Waals surface area contributed by atoms with Gasteiger partial charge in [0.15, 0.2) is 0 Å². The molecule has 0 aliphatic rings. The van der Waals surface area contributed by atoms with E-state index in [4.69, 9.17) is 5.73 Å². The minimum atomic E-state index is -0.256. The van der Waals surface area contributed by atoms with E-state index in [-0.39, 0.29) is 43.0 Å². The molecule has 4 N–H and O–H groups in total. The first-order valence-corrected chi connectivity index (χ1v) is 8.32. The maximum atomic E-state index is 12.2. The maximum absolute atomic E-state index is 12.2. The molecule has 0 radical (unpaired) electrons. The molecule has 25 heavy (non-hydrogen) atoms. The quantitative estimate of drug-likeness (QED) is 0.659. The number of para-hydroxylation sites is 1. The average Bonchev–Trinajstić information content (AvgIpc) is 3.00. The molecule has 0 aliphatic carbocycles. The Morgan fingerprint density at radius 3 is 2.60 bits per heavy atom. The Hall–Kier alpha value is -1.67. The van der Waals surface area contributed by atoms with Crippen LogP contribution in [0.4, 0.5) is 5.69 Å². The molecule has 0 saturated carbocycles. The summed E-state index contributed by atoms with van der Waals surface area (Å²) in [6.45, 7) is 2.78. The zero-order valence-corrected chi connectivity index (χ0v) is 16.2. The molecule has 2 amide bonds. The van der Waals surface area contributed by atoms with Crippen molar-refractivity contribution in [2.45, 2.75) is 19.8 Å². The Morgan fingerprint density at radius 1 is 1.24 bits per heavy atom. The topological polar surface area (TPSA) is 97.1 Å². The number of aromatic nitrogens is 1. The summed E-state index contributed by atoms with van der Waals surface area (Å²) in [5.74, 6) is -0.453. The van der Waals surface area contributed by atoms with E-state index in [0.29, 0.717) is 24.3 Å². The van der Waals surface area contributed by atoms with Crippen LogP contribution in [0, 0.1) is 0 Å². The second-order valence-corrected chi connectivity index (χ2v) is 5.84. The summed E-state index contributed by atoms with van der Waals surface area (Å²) in [6, 6.07) is 6.89. The zero-order valence-electron chi connectivity index (χ0n) is 13.8. The van der Waals surface area contributed by atoms with E-state index < -0.39 is 0 Å². The van der Waals surface area contributed by atoms with Crippen LogP contribution in [0.15, 0.2) is 29.6 Å². The van der Waals surface area contributed by atoms with Gasteiger partial charge in [-0.15, -0.1) is 36.2 Å². The molecule has 0 atom stereocenters. The van der Waals surface area contributed by atoms with Crippen molar-refractivity contribution in [3.63, 3.8) is 0 Å². The van der Waals surface area contributed by atoms with Gasteiger partial charge in [0.2, 0.25) is 5.91 Å². The van der Waals surface area contributed by atoms with Crippen molar-refractivity contribution in [3.05, 3.63) is 45.9 Å². The van der Waals surface area contributed by atoms with E-state index >= 15 is 0 Å². The number of benzene rings is 1. The molecule has 9 heteroatoms. The lowest BCUT2D eigenvalue weighted by atomic mass is 10.1. The summed E-state index contributed by atoms with van der Waals surface area (Å²) >= 11 is 1.55. The summed E-state index contributed by atoms with van der Waals surface area (Å²) in [6.07, 6.45) is 1.05. The third-order valence-corrected chi connectivity index (χ3v) is 4.16. The highest BCUT2D eigenvalue weighted by Crippen LogP contribution is 2.16. The Morgan fingerprint density at radius 2 is 1.96 bits per heavy atom. The first-order valence-electron chi connectivity index (χ1n) is 7.44. The van der Waals surface area contributed by atoms with Crippen LogP contribution in [-0.4, -0.2) is 29.9 Å². The first kappa shape index (κ1) is 23.3. The first-order chi connectivity index (χ1) is 11.1. The predicted molar refractivity (Wildman–Crippen MR) is 106 cm³/mol. The minimum Gasteiger partial charge on any atom is -0.351 e. The van der Waals surface area contributed by atoms with Crippen molar-refractivity contribution < 1.29 is 9.59 Å². The van der Waals surface area contributed by atoms with E-state index in [1.165, 1.54) is 0 Å². The van der Waals surface area contributed by atoms with Gasteiger partial charge in [-0.25, -0.2) is 4.98 Å². The Labute approximate surface area is 163 Å². The number of rotatable bonds is 7. The van der Waals surface area contributed by atoms with Gasteiger partial charge >= 0.3 is 0 Å². The number of halogens is 2. The van der Waals surface area contributed by atoms with E-state index in [2.05, 4.69) is 15.6 Å². The number of nitrogens with two attached hydrogens (primary N) is 1. The number of anilines is 1. The number of aryl methyl sites for hydroxylation is 1. The summed E-state index contributed by atoms with van der Waals surface area (Å²) in [5, 5.41) is 8.37. The summed E-state index contributed by atoms with van der Waals surface area (Å²) < 4.78 is 0. The number of hydrogen-bond donors (Lipinski definition) is 3. The summed E-state index contributed by atoms with van der Waals surface area (Å²) in [4.78, 5) is 28.6. The lowest BCUT2D eigenvalue weighted by molar-refractivity contribution is -0.115.